The molecule has 0 radical (unpaired) electrons. The molecule has 22 heavy (non-hydrogen) atoms. The highest BCUT2D eigenvalue weighted by Crippen LogP contribution is 2.15. The Bertz CT molecular complexity index is 575. The third-order valence-electron chi connectivity index (χ3n) is 2.98. The Morgan fingerprint density at radius 3 is 2.55 bits per heavy atom. The molecule has 0 unspecified atom stereocenters. The first-order chi connectivity index (χ1) is 10.3. The summed E-state index contributed by atoms with van der Waals surface area (Å²) < 4.78 is 13.7. The van der Waals surface area contributed by atoms with Crippen molar-refractivity contribution in [1.82, 2.24) is 5.32 Å². The van der Waals surface area contributed by atoms with Crippen molar-refractivity contribution in [2.75, 3.05) is 5.32 Å². The first-order valence-corrected chi connectivity index (χ1v) is 6.96. The summed E-state index contributed by atoms with van der Waals surface area (Å²) in [4.78, 5) is 34.1. The van der Waals surface area contributed by atoms with E-state index in [1.165, 1.54) is 19.1 Å². The fourth-order valence-electron chi connectivity index (χ4n) is 1.88. The molecule has 0 aliphatic rings. The maximum absolute atomic E-state index is 13.7. The predicted octanol–water partition coefficient (Wildman–Crippen LogP) is 2.16. The van der Waals surface area contributed by atoms with Crippen LogP contribution >= 0.6 is 0 Å². The van der Waals surface area contributed by atoms with Crippen LogP contribution in [0.15, 0.2) is 18.2 Å². The maximum atomic E-state index is 13.7. The zero-order valence-corrected chi connectivity index (χ0v) is 12.5. The van der Waals surface area contributed by atoms with Crippen LogP contribution < -0.4 is 10.6 Å². The van der Waals surface area contributed by atoms with Crippen LogP contribution in [0.25, 0.3) is 0 Å². The van der Waals surface area contributed by atoms with E-state index in [1.54, 1.807) is 0 Å². The van der Waals surface area contributed by atoms with Crippen LogP contribution in [-0.2, 0) is 9.59 Å². The van der Waals surface area contributed by atoms with Gasteiger partial charge >= 0.3 is 5.97 Å². The van der Waals surface area contributed by atoms with E-state index in [1.807, 2.05) is 6.92 Å². The number of hydrogen-bond donors (Lipinski definition) is 3. The van der Waals surface area contributed by atoms with Gasteiger partial charge in [0, 0.05) is 12.6 Å². The molecular weight excluding hydrogens is 291 g/mol. The van der Waals surface area contributed by atoms with Gasteiger partial charge in [0.05, 0.1) is 5.56 Å². The zero-order chi connectivity index (χ0) is 16.7. The number of carboxylic acid groups (broad SMARTS) is 1. The lowest BCUT2D eigenvalue weighted by atomic mass is 10.1. The highest BCUT2D eigenvalue weighted by atomic mass is 19.1. The molecule has 0 aliphatic heterocycles. The SMILES string of the molecule is CCCC[C@H](NC(=O)c1cc(NC(C)=O)ccc1F)C(=O)O. The molecule has 0 heterocycles. The second kappa shape index (κ2) is 8.11. The van der Waals surface area contributed by atoms with Crippen LogP contribution in [0.1, 0.15) is 43.5 Å². The van der Waals surface area contributed by atoms with Crippen LogP contribution in [-0.4, -0.2) is 28.9 Å². The number of benzene rings is 1. The van der Waals surface area contributed by atoms with Crippen molar-refractivity contribution in [2.24, 2.45) is 0 Å². The number of anilines is 1. The summed E-state index contributed by atoms with van der Waals surface area (Å²) in [5.74, 6) is -3.14. The summed E-state index contributed by atoms with van der Waals surface area (Å²) in [6.07, 6.45) is 1.68. The number of hydrogen-bond acceptors (Lipinski definition) is 3. The normalized spacial score (nSPS) is 11.6. The molecule has 0 saturated heterocycles. The number of amides is 2. The van der Waals surface area contributed by atoms with Crippen LogP contribution in [0.3, 0.4) is 0 Å². The van der Waals surface area contributed by atoms with E-state index >= 15 is 0 Å². The van der Waals surface area contributed by atoms with Gasteiger partial charge in [0.15, 0.2) is 0 Å². The highest BCUT2D eigenvalue weighted by molar-refractivity contribution is 5.98. The lowest BCUT2D eigenvalue weighted by molar-refractivity contribution is -0.139. The van der Waals surface area contributed by atoms with Gasteiger partial charge in [-0.25, -0.2) is 9.18 Å². The fraction of sp³-hybridized carbons (Fsp3) is 0.400. The largest absolute Gasteiger partial charge is 0.480 e. The van der Waals surface area contributed by atoms with Crippen molar-refractivity contribution in [2.45, 2.75) is 39.2 Å². The minimum Gasteiger partial charge on any atom is -0.480 e. The van der Waals surface area contributed by atoms with Crippen molar-refractivity contribution < 1.29 is 23.9 Å². The lowest BCUT2D eigenvalue weighted by Crippen LogP contribution is -2.41. The summed E-state index contributed by atoms with van der Waals surface area (Å²) in [7, 11) is 0. The van der Waals surface area contributed by atoms with Gasteiger partial charge in [-0.2, -0.15) is 0 Å². The first-order valence-electron chi connectivity index (χ1n) is 6.96. The molecule has 1 rings (SSSR count). The molecule has 2 amide bonds. The van der Waals surface area contributed by atoms with Crippen molar-refractivity contribution in [3.05, 3.63) is 29.6 Å². The number of nitrogens with one attached hydrogen (secondary N) is 2. The quantitative estimate of drug-likeness (QED) is 0.719. The van der Waals surface area contributed by atoms with Crippen molar-refractivity contribution in [3.8, 4) is 0 Å². The Balaban J connectivity index is 2.91. The third kappa shape index (κ3) is 5.16. The molecule has 0 fully saturated rings. The summed E-state index contributed by atoms with van der Waals surface area (Å²) in [5, 5.41) is 13.8. The van der Waals surface area contributed by atoms with E-state index in [-0.39, 0.29) is 23.6 Å². The number of aliphatic carboxylic acids is 1. The maximum Gasteiger partial charge on any atom is 0.326 e. The smallest absolute Gasteiger partial charge is 0.326 e. The minimum atomic E-state index is -1.17. The van der Waals surface area contributed by atoms with Gasteiger partial charge in [0.2, 0.25) is 5.91 Å². The second-order valence-electron chi connectivity index (χ2n) is 4.88. The van der Waals surface area contributed by atoms with Crippen molar-refractivity contribution in [1.29, 1.82) is 0 Å². The molecule has 0 saturated carbocycles. The Hall–Kier alpha value is -2.44. The summed E-state index contributed by atoms with van der Waals surface area (Å²) in [5.41, 5.74) is -0.0477. The van der Waals surface area contributed by atoms with E-state index in [0.29, 0.717) is 6.42 Å². The van der Waals surface area contributed by atoms with Crippen molar-refractivity contribution >= 4 is 23.5 Å². The van der Waals surface area contributed by atoms with Gasteiger partial charge in [0.1, 0.15) is 11.9 Å². The van der Waals surface area contributed by atoms with Crippen LogP contribution in [0.5, 0.6) is 0 Å². The van der Waals surface area contributed by atoms with Gasteiger partial charge in [-0.05, 0) is 24.6 Å². The monoisotopic (exact) mass is 310 g/mol. The molecule has 1 aromatic rings. The van der Waals surface area contributed by atoms with E-state index < -0.39 is 23.7 Å². The molecule has 7 heteroatoms. The Morgan fingerprint density at radius 2 is 2.00 bits per heavy atom. The second-order valence-corrected chi connectivity index (χ2v) is 4.88. The summed E-state index contributed by atoms with van der Waals surface area (Å²) in [6, 6.07) is 2.46. The lowest BCUT2D eigenvalue weighted by Gasteiger charge is -2.15. The van der Waals surface area contributed by atoms with Gasteiger partial charge in [0.25, 0.3) is 5.91 Å². The molecule has 0 spiro atoms. The zero-order valence-electron chi connectivity index (χ0n) is 12.5. The molecular formula is C15H19FN2O4. The van der Waals surface area contributed by atoms with Gasteiger partial charge < -0.3 is 15.7 Å². The molecule has 0 aliphatic carbocycles. The standard InChI is InChI=1S/C15H19FN2O4/c1-3-4-5-13(15(21)22)18-14(20)11-8-10(17-9(2)19)6-7-12(11)16/h6-8,13H,3-5H2,1-2H3,(H,17,19)(H,18,20)(H,21,22)/t13-/m0/s1. The van der Waals surface area contributed by atoms with E-state index in [4.69, 9.17) is 5.11 Å². The number of carbonyl (C=O) groups excluding carboxylic acids is 2. The third-order valence-corrected chi connectivity index (χ3v) is 2.98. The number of carbonyl (C=O) groups is 3. The number of rotatable bonds is 7. The average Bonchev–Trinajstić information content (AvgIpc) is 2.44. The average molecular weight is 310 g/mol. The number of unbranched alkanes of at least 4 members (excludes halogenated alkanes) is 1. The predicted molar refractivity (Wildman–Crippen MR) is 79.1 cm³/mol. The molecule has 1 atom stereocenters. The molecule has 3 N–H and O–H groups in total. The van der Waals surface area contributed by atoms with E-state index in [2.05, 4.69) is 10.6 Å². The van der Waals surface area contributed by atoms with E-state index in [9.17, 15) is 18.8 Å². The molecule has 120 valence electrons. The number of carboxylic acids is 1. The van der Waals surface area contributed by atoms with E-state index in [0.717, 1.165) is 12.5 Å². The topological polar surface area (TPSA) is 95.5 Å². The van der Waals surface area contributed by atoms with Gasteiger partial charge in [-0.3, -0.25) is 9.59 Å². The Labute approximate surface area is 127 Å². The van der Waals surface area contributed by atoms with Crippen LogP contribution in [0, 0.1) is 5.82 Å². The Morgan fingerprint density at radius 1 is 1.32 bits per heavy atom. The highest BCUT2D eigenvalue weighted by Gasteiger charge is 2.22. The first kappa shape index (κ1) is 17.6. The van der Waals surface area contributed by atoms with Gasteiger partial charge in [-0.15, -0.1) is 0 Å². The van der Waals surface area contributed by atoms with Gasteiger partial charge in [-0.1, -0.05) is 19.8 Å². The summed E-state index contributed by atoms with van der Waals surface area (Å²) >= 11 is 0. The number of halogens is 1. The minimum absolute atomic E-state index is 0.263. The van der Waals surface area contributed by atoms with Crippen molar-refractivity contribution in [3.63, 3.8) is 0 Å². The molecule has 0 bridgehead atoms. The molecule has 6 nitrogen and oxygen atoms in total. The fourth-order valence-corrected chi connectivity index (χ4v) is 1.88. The summed E-state index contributed by atoms with van der Waals surface area (Å²) in [6.45, 7) is 3.19. The van der Waals surface area contributed by atoms with Crippen LogP contribution in [0.4, 0.5) is 10.1 Å². The molecule has 1 aromatic carbocycles. The Kier molecular flexibility index (Phi) is 6.49. The van der Waals surface area contributed by atoms with Crippen LogP contribution in [0.2, 0.25) is 0 Å². The molecule has 0 aromatic heterocycles.